The topological polar surface area (TPSA) is 78.3 Å². The maximum atomic E-state index is 9.50. The predicted octanol–water partition coefficient (Wildman–Crippen LogP) is 1.81. The van der Waals surface area contributed by atoms with E-state index in [0.29, 0.717) is 17.4 Å². The molecule has 1 aromatic carbocycles. The Bertz CT molecular complexity index is 597. The van der Waals surface area contributed by atoms with Crippen LogP contribution in [-0.2, 0) is 6.54 Å². The van der Waals surface area contributed by atoms with Gasteiger partial charge in [-0.3, -0.25) is 0 Å². The van der Waals surface area contributed by atoms with E-state index < -0.39 is 0 Å². The number of aromatic hydroxyl groups is 2. The van der Waals surface area contributed by atoms with Crippen molar-refractivity contribution in [1.82, 2.24) is 15.3 Å². The maximum Gasteiger partial charge on any atom is 0.159 e. The molecule has 2 aromatic rings. The second-order valence-electron chi connectivity index (χ2n) is 4.73. The van der Waals surface area contributed by atoms with Gasteiger partial charge < -0.3 is 15.5 Å². The van der Waals surface area contributed by atoms with E-state index in [1.165, 1.54) is 25.0 Å². The Balaban J connectivity index is 1.82. The standard InChI is InChI=1S/C14H15N3O2/c18-12-4-1-9(7-13(12)19)14-15-6-5-11(17-14)8-16-10-2-3-10/h1,4-7,10,16,18-19H,2-3,8H2. The molecule has 0 radical (unpaired) electrons. The van der Waals surface area contributed by atoms with Gasteiger partial charge in [-0.1, -0.05) is 0 Å². The largest absolute Gasteiger partial charge is 0.504 e. The third kappa shape index (κ3) is 2.82. The first-order chi connectivity index (χ1) is 9.22. The highest BCUT2D eigenvalue weighted by molar-refractivity contribution is 5.60. The lowest BCUT2D eigenvalue weighted by Gasteiger charge is -2.06. The average Bonchev–Trinajstić information content (AvgIpc) is 3.24. The number of phenols is 2. The van der Waals surface area contributed by atoms with E-state index in [4.69, 9.17) is 0 Å². The van der Waals surface area contributed by atoms with Crippen molar-refractivity contribution in [3.05, 3.63) is 36.2 Å². The minimum Gasteiger partial charge on any atom is -0.504 e. The van der Waals surface area contributed by atoms with E-state index in [2.05, 4.69) is 15.3 Å². The van der Waals surface area contributed by atoms with Crippen molar-refractivity contribution in [2.75, 3.05) is 0 Å². The molecule has 0 amide bonds. The third-order valence-corrected chi connectivity index (χ3v) is 3.10. The van der Waals surface area contributed by atoms with Crippen LogP contribution in [0.15, 0.2) is 30.5 Å². The van der Waals surface area contributed by atoms with Crippen LogP contribution < -0.4 is 5.32 Å². The van der Waals surface area contributed by atoms with Crippen molar-refractivity contribution < 1.29 is 10.2 Å². The van der Waals surface area contributed by atoms with E-state index >= 15 is 0 Å². The fraction of sp³-hybridized carbons (Fsp3) is 0.286. The molecule has 0 bridgehead atoms. The summed E-state index contributed by atoms with van der Waals surface area (Å²) in [5.74, 6) is 0.239. The summed E-state index contributed by atoms with van der Waals surface area (Å²) in [7, 11) is 0. The lowest BCUT2D eigenvalue weighted by Crippen LogP contribution is -2.16. The normalized spacial score (nSPS) is 14.5. The Labute approximate surface area is 111 Å². The molecule has 0 saturated heterocycles. The molecule has 1 heterocycles. The van der Waals surface area contributed by atoms with E-state index in [-0.39, 0.29) is 11.5 Å². The number of hydrogen-bond donors (Lipinski definition) is 3. The van der Waals surface area contributed by atoms with Crippen molar-refractivity contribution in [3.8, 4) is 22.9 Å². The highest BCUT2D eigenvalue weighted by Crippen LogP contribution is 2.28. The van der Waals surface area contributed by atoms with Crippen molar-refractivity contribution >= 4 is 0 Å². The van der Waals surface area contributed by atoms with Crippen molar-refractivity contribution in [2.24, 2.45) is 0 Å². The van der Waals surface area contributed by atoms with Gasteiger partial charge in [0.25, 0.3) is 0 Å². The quantitative estimate of drug-likeness (QED) is 0.728. The third-order valence-electron chi connectivity index (χ3n) is 3.10. The Kier molecular flexibility index (Phi) is 3.05. The highest BCUT2D eigenvalue weighted by Gasteiger charge is 2.20. The zero-order valence-corrected chi connectivity index (χ0v) is 10.4. The molecule has 0 spiro atoms. The molecule has 0 aliphatic heterocycles. The maximum absolute atomic E-state index is 9.50. The molecule has 19 heavy (non-hydrogen) atoms. The number of aromatic nitrogens is 2. The summed E-state index contributed by atoms with van der Waals surface area (Å²) in [5.41, 5.74) is 1.60. The smallest absolute Gasteiger partial charge is 0.159 e. The molecule has 1 fully saturated rings. The van der Waals surface area contributed by atoms with Crippen LogP contribution in [0.1, 0.15) is 18.5 Å². The molecule has 1 saturated carbocycles. The van der Waals surface area contributed by atoms with Crippen LogP contribution in [0.5, 0.6) is 11.5 Å². The molecule has 1 aliphatic carbocycles. The second-order valence-corrected chi connectivity index (χ2v) is 4.73. The van der Waals surface area contributed by atoms with Gasteiger partial charge in [0.2, 0.25) is 0 Å². The predicted molar refractivity (Wildman–Crippen MR) is 70.7 cm³/mol. The van der Waals surface area contributed by atoms with Crippen LogP contribution in [0.3, 0.4) is 0 Å². The molecular weight excluding hydrogens is 242 g/mol. The van der Waals surface area contributed by atoms with Crippen LogP contribution in [0.25, 0.3) is 11.4 Å². The van der Waals surface area contributed by atoms with Crippen LogP contribution in [0.2, 0.25) is 0 Å². The Hall–Kier alpha value is -2.14. The fourth-order valence-corrected chi connectivity index (χ4v) is 1.83. The van der Waals surface area contributed by atoms with Gasteiger partial charge >= 0.3 is 0 Å². The molecule has 98 valence electrons. The fourth-order valence-electron chi connectivity index (χ4n) is 1.83. The summed E-state index contributed by atoms with van der Waals surface area (Å²) >= 11 is 0. The number of rotatable bonds is 4. The zero-order valence-electron chi connectivity index (χ0n) is 10.4. The van der Waals surface area contributed by atoms with Gasteiger partial charge in [0.05, 0.1) is 5.69 Å². The van der Waals surface area contributed by atoms with Crippen LogP contribution in [0, 0.1) is 0 Å². The molecule has 3 N–H and O–H groups in total. The van der Waals surface area contributed by atoms with Crippen LogP contribution in [-0.4, -0.2) is 26.2 Å². The number of benzene rings is 1. The van der Waals surface area contributed by atoms with Gasteiger partial charge in [0, 0.05) is 24.3 Å². The lowest BCUT2D eigenvalue weighted by atomic mass is 10.2. The Morgan fingerprint density at radius 2 is 2.00 bits per heavy atom. The van der Waals surface area contributed by atoms with Gasteiger partial charge in [0.1, 0.15) is 0 Å². The zero-order chi connectivity index (χ0) is 13.2. The summed E-state index contributed by atoms with van der Waals surface area (Å²) < 4.78 is 0. The van der Waals surface area contributed by atoms with Gasteiger partial charge in [-0.25, -0.2) is 9.97 Å². The molecule has 1 aromatic heterocycles. The first kappa shape index (κ1) is 11.9. The molecule has 3 rings (SSSR count). The van der Waals surface area contributed by atoms with Gasteiger partial charge in [0.15, 0.2) is 17.3 Å². The molecule has 5 nitrogen and oxygen atoms in total. The van der Waals surface area contributed by atoms with Crippen LogP contribution in [0.4, 0.5) is 0 Å². The minimum absolute atomic E-state index is 0.143. The van der Waals surface area contributed by atoms with Crippen molar-refractivity contribution in [3.63, 3.8) is 0 Å². The van der Waals surface area contributed by atoms with E-state index in [0.717, 1.165) is 12.2 Å². The number of phenolic OH excluding ortho intramolecular Hbond substituents is 2. The molecule has 5 heteroatoms. The summed E-state index contributed by atoms with van der Waals surface area (Å²) in [4.78, 5) is 8.64. The molecular formula is C14H15N3O2. The number of nitrogens with zero attached hydrogens (tertiary/aromatic N) is 2. The lowest BCUT2D eigenvalue weighted by molar-refractivity contribution is 0.404. The van der Waals surface area contributed by atoms with E-state index in [9.17, 15) is 10.2 Å². The summed E-state index contributed by atoms with van der Waals surface area (Å²) in [6.07, 6.45) is 4.18. The van der Waals surface area contributed by atoms with Crippen molar-refractivity contribution in [1.29, 1.82) is 0 Å². The first-order valence-corrected chi connectivity index (χ1v) is 6.30. The molecule has 0 unspecified atom stereocenters. The summed E-state index contributed by atoms with van der Waals surface area (Å²) in [6.45, 7) is 0.726. The van der Waals surface area contributed by atoms with E-state index in [1.54, 1.807) is 12.3 Å². The van der Waals surface area contributed by atoms with Gasteiger partial charge in [-0.15, -0.1) is 0 Å². The number of hydrogen-bond acceptors (Lipinski definition) is 5. The van der Waals surface area contributed by atoms with Crippen molar-refractivity contribution in [2.45, 2.75) is 25.4 Å². The summed E-state index contributed by atoms with van der Waals surface area (Å²) in [6, 6.07) is 7.09. The van der Waals surface area contributed by atoms with Gasteiger partial charge in [-0.2, -0.15) is 0 Å². The Morgan fingerprint density at radius 1 is 1.16 bits per heavy atom. The minimum atomic E-state index is -0.164. The monoisotopic (exact) mass is 257 g/mol. The molecule has 0 atom stereocenters. The van der Waals surface area contributed by atoms with Gasteiger partial charge in [-0.05, 0) is 37.1 Å². The number of nitrogens with one attached hydrogen (secondary N) is 1. The second kappa shape index (κ2) is 4.85. The van der Waals surface area contributed by atoms with Crippen LogP contribution >= 0.6 is 0 Å². The SMILES string of the molecule is Oc1ccc(-c2nccc(CNC3CC3)n2)cc1O. The highest BCUT2D eigenvalue weighted by atomic mass is 16.3. The van der Waals surface area contributed by atoms with E-state index in [1.807, 2.05) is 6.07 Å². The Morgan fingerprint density at radius 3 is 2.74 bits per heavy atom. The molecule has 1 aliphatic rings. The first-order valence-electron chi connectivity index (χ1n) is 6.30. The summed E-state index contributed by atoms with van der Waals surface area (Å²) in [5, 5.41) is 22.2. The average molecular weight is 257 g/mol.